The molecule has 0 spiro atoms. The minimum absolute atomic E-state index is 0.0490. The summed E-state index contributed by atoms with van der Waals surface area (Å²) in [4.78, 5) is 11.7. The summed E-state index contributed by atoms with van der Waals surface area (Å²) in [5.41, 5.74) is 1.09. The molecule has 2 rings (SSSR count). The normalized spacial score (nSPS) is 14.0. The fourth-order valence-corrected chi connectivity index (χ4v) is 1.97. The number of nitrogens with one attached hydrogen (secondary N) is 2. The highest BCUT2D eigenvalue weighted by molar-refractivity contribution is 5.77. The van der Waals surface area contributed by atoms with Crippen molar-refractivity contribution in [3.05, 3.63) is 29.8 Å². The van der Waals surface area contributed by atoms with Crippen LogP contribution in [-0.4, -0.2) is 38.8 Å². The zero-order chi connectivity index (χ0) is 14.9. The summed E-state index contributed by atoms with van der Waals surface area (Å²) in [7, 11) is 1.65. The molecule has 0 unspecified atom stereocenters. The first-order valence-electron chi connectivity index (χ1n) is 7.49. The van der Waals surface area contributed by atoms with Crippen LogP contribution in [0.4, 0.5) is 0 Å². The number of carbonyl (C=O) groups is 1. The molecule has 2 N–H and O–H groups in total. The summed E-state index contributed by atoms with van der Waals surface area (Å²) in [6.45, 7) is 2.10. The molecule has 0 radical (unpaired) electrons. The summed E-state index contributed by atoms with van der Waals surface area (Å²) < 4.78 is 10.6. The summed E-state index contributed by atoms with van der Waals surface area (Å²) in [6.07, 6.45) is 3.32. The van der Waals surface area contributed by atoms with E-state index in [-0.39, 0.29) is 12.5 Å². The third kappa shape index (κ3) is 6.14. The number of hydrogen-bond acceptors (Lipinski definition) is 4. The number of amides is 1. The van der Waals surface area contributed by atoms with Crippen LogP contribution in [0.1, 0.15) is 24.8 Å². The van der Waals surface area contributed by atoms with E-state index >= 15 is 0 Å². The van der Waals surface area contributed by atoms with Gasteiger partial charge in [-0.3, -0.25) is 4.79 Å². The van der Waals surface area contributed by atoms with Gasteiger partial charge in [0.2, 0.25) is 0 Å². The highest BCUT2D eigenvalue weighted by atomic mass is 16.5. The molecule has 1 amide bonds. The molecule has 5 heteroatoms. The van der Waals surface area contributed by atoms with Crippen LogP contribution in [0.3, 0.4) is 0 Å². The molecule has 0 atom stereocenters. The molecular formula is C16H24N2O3. The highest BCUT2D eigenvalue weighted by Gasteiger charge is 2.20. The van der Waals surface area contributed by atoms with Crippen molar-refractivity contribution in [1.29, 1.82) is 0 Å². The molecule has 0 aliphatic heterocycles. The van der Waals surface area contributed by atoms with E-state index in [0.717, 1.165) is 24.3 Å². The summed E-state index contributed by atoms with van der Waals surface area (Å²) in [5.74, 6) is 0.675. The number of benzene rings is 1. The van der Waals surface area contributed by atoms with Gasteiger partial charge in [0.25, 0.3) is 5.91 Å². The van der Waals surface area contributed by atoms with Crippen LogP contribution in [0, 0.1) is 0 Å². The van der Waals surface area contributed by atoms with Gasteiger partial charge in [0.05, 0.1) is 0 Å². The average molecular weight is 292 g/mol. The molecule has 1 aliphatic rings. The Morgan fingerprint density at radius 3 is 2.90 bits per heavy atom. The molecule has 0 heterocycles. The zero-order valence-electron chi connectivity index (χ0n) is 12.6. The lowest BCUT2D eigenvalue weighted by molar-refractivity contribution is -0.123. The minimum Gasteiger partial charge on any atom is -0.483 e. The number of hydrogen-bond donors (Lipinski definition) is 2. The highest BCUT2D eigenvalue weighted by Crippen LogP contribution is 2.22. The predicted molar refractivity (Wildman–Crippen MR) is 81.3 cm³/mol. The van der Waals surface area contributed by atoms with Gasteiger partial charge in [-0.2, -0.15) is 0 Å². The van der Waals surface area contributed by atoms with Crippen LogP contribution in [0.25, 0.3) is 0 Å². The van der Waals surface area contributed by atoms with E-state index in [1.165, 1.54) is 12.8 Å². The Balaban J connectivity index is 1.72. The average Bonchev–Trinajstić information content (AvgIpc) is 3.32. The molecule has 116 valence electrons. The van der Waals surface area contributed by atoms with Crippen molar-refractivity contribution in [2.45, 2.75) is 31.8 Å². The molecule has 0 bridgehead atoms. The van der Waals surface area contributed by atoms with E-state index in [0.29, 0.717) is 19.2 Å². The number of para-hydroxylation sites is 1. The standard InChI is InChI=1S/C16H24N2O3/c1-20-10-4-9-17-16(19)12-21-15-6-3-2-5-13(15)11-18-14-7-8-14/h2-3,5-6,14,18H,4,7-12H2,1H3,(H,17,19). The van der Waals surface area contributed by atoms with Crippen LogP contribution in [0.2, 0.25) is 0 Å². The van der Waals surface area contributed by atoms with Gasteiger partial charge in [0.15, 0.2) is 6.61 Å². The minimum atomic E-state index is -0.101. The van der Waals surface area contributed by atoms with Crippen LogP contribution in [0.5, 0.6) is 5.75 Å². The molecule has 1 saturated carbocycles. The van der Waals surface area contributed by atoms with Gasteiger partial charge in [0, 0.05) is 38.4 Å². The van der Waals surface area contributed by atoms with Gasteiger partial charge in [-0.1, -0.05) is 18.2 Å². The van der Waals surface area contributed by atoms with Gasteiger partial charge in [-0.05, 0) is 25.3 Å². The molecule has 1 aromatic carbocycles. The SMILES string of the molecule is COCCCNC(=O)COc1ccccc1CNC1CC1. The number of methoxy groups -OCH3 is 1. The fourth-order valence-electron chi connectivity index (χ4n) is 1.97. The molecule has 1 fully saturated rings. The quantitative estimate of drug-likeness (QED) is 0.641. The second-order valence-electron chi connectivity index (χ2n) is 5.25. The van der Waals surface area contributed by atoms with Crippen molar-refractivity contribution in [3.63, 3.8) is 0 Å². The molecular weight excluding hydrogens is 268 g/mol. The first-order chi connectivity index (χ1) is 10.3. The first-order valence-corrected chi connectivity index (χ1v) is 7.49. The second-order valence-corrected chi connectivity index (χ2v) is 5.25. The topological polar surface area (TPSA) is 59.6 Å². The van der Waals surface area contributed by atoms with Crippen molar-refractivity contribution in [1.82, 2.24) is 10.6 Å². The van der Waals surface area contributed by atoms with E-state index in [1.807, 2.05) is 24.3 Å². The van der Waals surface area contributed by atoms with Crippen LogP contribution in [0.15, 0.2) is 24.3 Å². The number of ether oxygens (including phenoxy) is 2. The lowest BCUT2D eigenvalue weighted by atomic mass is 10.2. The zero-order valence-corrected chi connectivity index (χ0v) is 12.6. The van der Waals surface area contributed by atoms with E-state index in [4.69, 9.17) is 9.47 Å². The van der Waals surface area contributed by atoms with Crippen molar-refractivity contribution in [2.75, 3.05) is 26.9 Å². The largest absolute Gasteiger partial charge is 0.483 e. The number of rotatable bonds is 10. The summed E-state index contributed by atoms with van der Waals surface area (Å²) in [5, 5.41) is 6.26. The Hall–Kier alpha value is -1.59. The van der Waals surface area contributed by atoms with Crippen LogP contribution >= 0.6 is 0 Å². The van der Waals surface area contributed by atoms with Gasteiger partial charge in [0.1, 0.15) is 5.75 Å². The number of carbonyl (C=O) groups excluding carboxylic acids is 1. The Bertz CT molecular complexity index is 447. The van der Waals surface area contributed by atoms with Gasteiger partial charge in [-0.25, -0.2) is 0 Å². The monoisotopic (exact) mass is 292 g/mol. The molecule has 0 aromatic heterocycles. The van der Waals surface area contributed by atoms with Gasteiger partial charge >= 0.3 is 0 Å². The van der Waals surface area contributed by atoms with Crippen molar-refractivity contribution in [3.8, 4) is 5.75 Å². The maximum absolute atomic E-state index is 11.7. The van der Waals surface area contributed by atoms with Crippen molar-refractivity contribution >= 4 is 5.91 Å². The Labute approximate surface area is 126 Å². The second kappa shape index (κ2) is 8.64. The van der Waals surface area contributed by atoms with Crippen molar-refractivity contribution < 1.29 is 14.3 Å². The Kier molecular flexibility index (Phi) is 6.50. The molecule has 1 aliphatic carbocycles. The van der Waals surface area contributed by atoms with Gasteiger partial charge < -0.3 is 20.1 Å². The van der Waals surface area contributed by atoms with E-state index in [9.17, 15) is 4.79 Å². The molecule has 1 aromatic rings. The Morgan fingerprint density at radius 1 is 1.33 bits per heavy atom. The summed E-state index contributed by atoms with van der Waals surface area (Å²) in [6, 6.07) is 8.50. The lowest BCUT2D eigenvalue weighted by Crippen LogP contribution is -2.30. The lowest BCUT2D eigenvalue weighted by Gasteiger charge is -2.12. The van der Waals surface area contributed by atoms with Crippen LogP contribution < -0.4 is 15.4 Å². The Morgan fingerprint density at radius 2 is 2.14 bits per heavy atom. The van der Waals surface area contributed by atoms with E-state index < -0.39 is 0 Å². The predicted octanol–water partition coefficient (Wildman–Crippen LogP) is 1.47. The van der Waals surface area contributed by atoms with Gasteiger partial charge in [-0.15, -0.1) is 0 Å². The van der Waals surface area contributed by atoms with Crippen molar-refractivity contribution in [2.24, 2.45) is 0 Å². The first kappa shape index (κ1) is 15.8. The van der Waals surface area contributed by atoms with Crippen LogP contribution in [-0.2, 0) is 16.1 Å². The van der Waals surface area contributed by atoms with E-state index in [1.54, 1.807) is 7.11 Å². The molecule has 21 heavy (non-hydrogen) atoms. The fraction of sp³-hybridized carbons (Fsp3) is 0.562. The molecule has 0 saturated heterocycles. The third-order valence-electron chi connectivity index (χ3n) is 3.34. The smallest absolute Gasteiger partial charge is 0.257 e. The van der Waals surface area contributed by atoms with E-state index in [2.05, 4.69) is 10.6 Å². The third-order valence-corrected chi connectivity index (χ3v) is 3.34. The maximum Gasteiger partial charge on any atom is 0.257 e. The summed E-state index contributed by atoms with van der Waals surface area (Å²) >= 11 is 0. The maximum atomic E-state index is 11.7. The molecule has 5 nitrogen and oxygen atoms in total.